The molecule has 0 aliphatic carbocycles. The zero-order chi connectivity index (χ0) is 8.91. The first-order chi connectivity index (χ1) is 5.00. The van der Waals surface area contributed by atoms with Gasteiger partial charge >= 0.3 is 5.76 Å². The summed E-state index contributed by atoms with van der Waals surface area (Å²) in [5.74, 6) is -3.41. The van der Waals surface area contributed by atoms with Crippen LogP contribution in [0.2, 0.25) is 0 Å². The standard InChI is InChI=1S/C5H7F2NO2S/c1-2-3-4-8-11(9,10)5(6)7/h2-5,8H,1H2/b4-3+. The van der Waals surface area contributed by atoms with Gasteiger partial charge in [-0.2, -0.15) is 8.78 Å². The fourth-order valence-corrected chi connectivity index (χ4v) is 0.625. The second kappa shape index (κ2) is 4.07. The number of rotatable bonds is 4. The van der Waals surface area contributed by atoms with Crippen LogP contribution in [-0.2, 0) is 10.0 Å². The summed E-state index contributed by atoms with van der Waals surface area (Å²) in [4.78, 5) is 0. The molecule has 0 bridgehead atoms. The van der Waals surface area contributed by atoms with Gasteiger partial charge in [0, 0.05) is 6.20 Å². The molecule has 0 fully saturated rings. The summed E-state index contributed by atoms with van der Waals surface area (Å²) in [6.45, 7) is 3.22. The molecule has 0 radical (unpaired) electrons. The topological polar surface area (TPSA) is 46.2 Å². The molecule has 0 aromatic rings. The van der Waals surface area contributed by atoms with Crippen molar-refractivity contribution in [2.45, 2.75) is 5.76 Å². The third-order valence-electron chi connectivity index (χ3n) is 0.699. The Labute approximate surface area is 63.5 Å². The summed E-state index contributed by atoms with van der Waals surface area (Å²) < 4.78 is 45.1. The van der Waals surface area contributed by atoms with Crippen molar-refractivity contribution in [1.29, 1.82) is 0 Å². The number of hydrogen-bond acceptors (Lipinski definition) is 2. The Bertz CT molecular complexity index is 245. The van der Waals surface area contributed by atoms with Crippen LogP contribution in [0.25, 0.3) is 0 Å². The highest BCUT2D eigenvalue weighted by molar-refractivity contribution is 7.89. The smallest absolute Gasteiger partial charge is 0.286 e. The predicted molar refractivity (Wildman–Crippen MR) is 37.4 cm³/mol. The van der Waals surface area contributed by atoms with Crippen LogP contribution in [0.4, 0.5) is 8.78 Å². The summed E-state index contributed by atoms with van der Waals surface area (Å²) in [6, 6.07) is 0. The fourth-order valence-electron chi connectivity index (χ4n) is 0.254. The van der Waals surface area contributed by atoms with Crippen molar-refractivity contribution in [2.24, 2.45) is 0 Å². The maximum absolute atomic E-state index is 11.5. The summed E-state index contributed by atoms with van der Waals surface area (Å²) in [5, 5.41) is 0. The lowest BCUT2D eigenvalue weighted by Crippen LogP contribution is -2.24. The van der Waals surface area contributed by atoms with E-state index in [1.807, 2.05) is 0 Å². The monoisotopic (exact) mass is 183 g/mol. The lowest BCUT2D eigenvalue weighted by Gasteiger charge is -1.99. The third-order valence-corrected chi connectivity index (χ3v) is 1.63. The van der Waals surface area contributed by atoms with Gasteiger partial charge in [0.1, 0.15) is 0 Å². The Balaban J connectivity index is 4.15. The molecule has 1 N–H and O–H groups in total. The molecule has 64 valence electrons. The van der Waals surface area contributed by atoms with Gasteiger partial charge in [0.2, 0.25) is 0 Å². The molecule has 3 nitrogen and oxygen atoms in total. The number of allylic oxidation sites excluding steroid dienone is 2. The lowest BCUT2D eigenvalue weighted by molar-refractivity contribution is 0.233. The molecule has 0 saturated heterocycles. The van der Waals surface area contributed by atoms with Crippen LogP contribution in [0.3, 0.4) is 0 Å². The van der Waals surface area contributed by atoms with E-state index in [4.69, 9.17) is 0 Å². The first-order valence-corrected chi connectivity index (χ1v) is 4.12. The molecular formula is C5H7F2NO2S. The zero-order valence-corrected chi connectivity index (χ0v) is 6.31. The Hall–Kier alpha value is -0.910. The molecule has 0 heterocycles. The quantitative estimate of drug-likeness (QED) is 0.656. The molecular weight excluding hydrogens is 176 g/mol. The first kappa shape index (κ1) is 10.1. The summed E-state index contributed by atoms with van der Waals surface area (Å²) >= 11 is 0. The minimum Gasteiger partial charge on any atom is -0.286 e. The summed E-state index contributed by atoms with van der Waals surface area (Å²) in [5.41, 5.74) is 0. The van der Waals surface area contributed by atoms with Crippen molar-refractivity contribution in [2.75, 3.05) is 0 Å². The van der Waals surface area contributed by atoms with Crippen molar-refractivity contribution in [3.63, 3.8) is 0 Å². The van der Waals surface area contributed by atoms with Crippen LogP contribution in [0.1, 0.15) is 0 Å². The fraction of sp³-hybridized carbons (Fsp3) is 0.200. The second-order valence-electron chi connectivity index (χ2n) is 1.52. The molecule has 0 unspecified atom stereocenters. The average molecular weight is 183 g/mol. The Morgan fingerprint density at radius 1 is 1.45 bits per heavy atom. The van der Waals surface area contributed by atoms with Gasteiger partial charge in [0.25, 0.3) is 10.0 Å². The van der Waals surface area contributed by atoms with E-state index >= 15 is 0 Å². The molecule has 0 aliphatic heterocycles. The number of halogens is 2. The van der Waals surface area contributed by atoms with Crippen LogP contribution < -0.4 is 4.72 Å². The normalized spacial score (nSPS) is 12.3. The number of hydrogen-bond donors (Lipinski definition) is 1. The van der Waals surface area contributed by atoms with E-state index in [0.717, 1.165) is 6.20 Å². The minimum absolute atomic E-state index is 0.870. The second-order valence-corrected chi connectivity index (χ2v) is 3.20. The van der Waals surface area contributed by atoms with Crippen molar-refractivity contribution >= 4 is 10.0 Å². The van der Waals surface area contributed by atoms with Gasteiger partial charge in [0.15, 0.2) is 0 Å². The van der Waals surface area contributed by atoms with Crippen molar-refractivity contribution in [1.82, 2.24) is 4.72 Å². The highest BCUT2D eigenvalue weighted by Crippen LogP contribution is 2.00. The number of sulfonamides is 1. The van der Waals surface area contributed by atoms with E-state index < -0.39 is 15.8 Å². The molecule has 0 atom stereocenters. The van der Waals surface area contributed by atoms with Gasteiger partial charge in [-0.05, 0) is 6.08 Å². The molecule has 0 aromatic carbocycles. The van der Waals surface area contributed by atoms with Crippen molar-refractivity contribution in [3.05, 3.63) is 24.9 Å². The molecule has 0 spiro atoms. The summed E-state index contributed by atoms with van der Waals surface area (Å²) in [7, 11) is -4.49. The predicted octanol–water partition coefficient (Wildman–Crippen LogP) is 0.828. The number of nitrogens with one attached hydrogen (secondary N) is 1. The largest absolute Gasteiger partial charge is 0.355 e. The minimum atomic E-state index is -4.49. The Morgan fingerprint density at radius 2 is 2.00 bits per heavy atom. The van der Waals surface area contributed by atoms with Gasteiger partial charge in [-0.1, -0.05) is 12.7 Å². The lowest BCUT2D eigenvalue weighted by atomic mass is 10.6. The zero-order valence-electron chi connectivity index (χ0n) is 5.50. The van der Waals surface area contributed by atoms with E-state index in [1.165, 1.54) is 16.9 Å². The van der Waals surface area contributed by atoms with Gasteiger partial charge in [-0.25, -0.2) is 8.42 Å². The van der Waals surface area contributed by atoms with Crippen LogP contribution >= 0.6 is 0 Å². The molecule has 0 aliphatic rings. The Morgan fingerprint density at radius 3 is 2.36 bits per heavy atom. The SMILES string of the molecule is C=C/C=C/NS(=O)(=O)C(F)F. The van der Waals surface area contributed by atoms with Gasteiger partial charge in [0.05, 0.1) is 0 Å². The maximum Gasteiger partial charge on any atom is 0.355 e. The van der Waals surface area contributed by atoms with Crippen molar-refractivity contribution in [3.8, 4) is 0 Å². The van der Waals surface area contributed by atoms with Gasteiger partial charge in [-0.15, -0.1) is 0 Å². The maximum atomic E-state index is 11.5. The highest BCUT2D eigenvalue weighted by Gasteiger charge is 2.21. The molecule has 11 heavy (non-hydrogen) atoms. The number of alkyl halides is 2. The van der Waals surface area contributed by atoms with Crippen molar-refractivity contribution < 1.29 is 17.2 Å². The molecule has 0 rings (SSSR count). The van der Waals surface area contributed by atoms with E-state index in [1.54, 1.807) is 0 Å². The van der Waals surface area contributed by atoms with Crippen LogP contribution in [0, 0.1) is 0 Å². The summed E-state index contributed by atoms with van der Waals surface area (Å²) in [6.07, 6.45) is 3.32. The van der Waals surface area contributed by atoms with Gasteiger partial charge in [-0.3, -0.25) is 4.72 Å². The molecule has 0 aromatic heterocycles. The van der Waals surface area contributed by atoms with Crippen LogP contribution in [-0.4, -0.2) is 14.2 Å². The molecule has 6 heteroatoms. The van der Waals surface area contributed by atoms with E-state index in [9.17, 15) is 17.2 Å². The first-order valence-electron chi connectivity index (χ1n) is 2.57. The van der Waals surface area contributed by atoms with Gasteiger partial charge < -0.3 is 0 Å². The molecule has 0 saturated carbocycles. The third kappa shape index (κ3) is 3.72. The van der Waals surface area contributed by atoms with E-state index in [-0.39, 0.29) is 0 Å². The highest BCUT2D eigenvalue weighted by atomic mass is 32.2. The average Bonchev–Trinajstić information content (AvgIpc) is 1.88. The Kier molecular flexibility index (Phi) is 3.73. The van der Waals surface area contributed by atoms with Crippen LogP contribution in [0.5, 0.6) is 0 Å². The van der Waals surface area contributed by atoms with E-state index in [0.29, 0.717) is 0 Å². The molecule has 0 amide bonds. The van der Waals surface area contributed by atoms with E-state index in [2.05, 4.69) is 6.58 Å². The van der Waals surface area contributed by atoms with Crippen LogP contribution in [0.15, 0.2) is 24.9 Å².